The van der Waals surface area contributed by atoms with Crippen molar-refractivity contribution in [2.45, 2.75) is 0 Å². The van der Waals surface area contributed by atoms with Crippen molar-refractivity contribution >= 4 is 22.9 Å². The Labute approximate surface area is 125 Å². The number of carbonyl (C=O) groups is 1. The number of anilines is 1. The number of nitrogens with two attached hydrogens (primary N) is 1. The fraction of sp³-hybridized carbons (Fsp3) is 0. The number of carbonyl (C=O) groups excluding carboxylic acids is 1. The maximum Gasteiger partial charge on any atom is 0.255 e. The number of nitrogens with zero attached hydrogens (tertiary/aromatic N) is 3. The van der Waals surface area contributed by atoms with Gasteiger partial charge in [0.2, 0.25) is 0 Å². The first-order valence-corrected chi connectivity index (χ1v) is 6.51. The van der Waals surface area contributed by atoms with Gasteiger partial charge in [0.05, 0.1) is 17.4 Å². The third kappa shape index (κ3) is 2.47. The molecule has 2 heterocycles. The zero-order valence-corrected chi connectivity index (χ0v) is 11.5. The Morgan fingerprint density at radius 2 is 2.05 bits per heavy atom. The van der Waals surface area contributed by atoms with Crippen LogP contribution in [0.5, 0.6) is 0 Å². The summed E-state index contributed by atoms with van der Waals surface area (Å²) in [6.07, 6.45) is 3.38. The van der Waals surface area contributed by atoms with Gasteiger partial charge in [0.15, 0.2) is 5.84 Å². The van der Waals surface area contributed by atoms with Gasteiger partial charge in [-0.1, -0.05) is 23.4 Å². The van der Waals surface area contributed by atoms with E-state index in [4.69, 9.17) is 10.9 Å². The maximum atomic E-state index is 12.3. The van der Waals surface area contributed by atoms with Crippen LogP contribution in [0.25, 0.3) is 5.52 Å². The minimum absolute atomic E-state index is 0.0503. The summed E-state index contributed by atoms with van der Waals surface area (Å²) in [5, 5.41) is 18.6. The van der Waals surface area contributed by atoms with Crippen LogP contribution in [-0.2, 0) is 0 Å². The van der Waals surface area contributed by atoms with Crippen molar-refractivity contribution in [3.05, 3.63) is 66.0 Å². The summed E-state index contributed by atoms with van der Waals surface area (Å²) in [7, 11) is 0. The molecule has 0 atom stereocenters. The maximum absolute atomic E-state index is 12.3. The highest BCUT2D eigenvalue weighted by molar-refractivity contribution is 6.08. The molecule has 0 aliphatic heterocycles. The number of pyridine rings is 1. The Morgan fingerprint density at radius 3 is 2.86 bits per heavy atom. The highest BCUT2D eigenvalue weighted by Gasteiger charge is 2.11. The number of oxime groups is 1. The molecule has 7 heteroatoms. The van der Waals surface area contributed by atoms with Crippen molar-refractivity contribution in [2.24, 2.45) is 10.9 Å². The zero-order valence-electron chi connectivity index (χ0n) is 11.5. The highest BCUT2D eigenvalue weighted by Crippen LogP contribution is 2.17. The molecule has 0 aliphatic rings. The number of amides is 1. The predicted octanol–water partition coefficient (Wildman–Crippen LogP) is 1.68. The molecule has 0 radical (unpaired) electrons. The summed E-state index contributed by atoms with van der Waals surface area (Å²) in [6.45, 7) is 0. The van der Waals surface area contributed by atoms with Crippen LogP contribution in [0.15, 0.2) is 60.0 Å². The summed E-state index contributed by atoms with van der Waals surface area (Å²) in [5.41, 5.74) is 7.80. The molecule has 7 nitrogen and oxygen atoms in total. The van der Waals surface area contributed by atoms with Crippen LogP contribution in [-0.4, -0.2) is 26.6 Å². The molecular weight excluding hydrogens is 282 g/mol. The summed E-state index contributed by atoms with van der Waals surface area (Å²) in [5.74, 6) is -0.350. The van der Waals surface area contributed by atoms with E-state index >= 15 is 0 Å². The predicted molar refractivity (Wildman–Crippen MR) is 82.1 cm³/mol. The lowest BCUT2D eigenvalue weighted by Crippen LogP contribution is -2.16. The Bertz CT molecular complexity index is 869. The molecule has 1 amide bonds. The third-order valence-electron chi connectivity index (χ3n) is 3.20. The van der Waals surface area contributed by atoms with Crippen LogP contribution >= 0.6 is 0 Å². The van der Waals surface area contributed by atoms with Crippen LogP contribution in [0.3, 0.4) is 0 Å². The highest BCUT2D eigenvalue weighted by atomic mass is 16.4. The van der Waals surface area contributed by atoms with Gasteiger partial charge in [-0.15, -0.1) is 0 Å². The molecule has 110 valence electrons. The molecule has 2 aromatic heterocycles. The number of fused-ring (bicyclic) bond motifs is 1. The van der Waals surface area contributed by atoms with Crippen LogP contribution in [0.4, 0.5) is 5.69 Å². The van der Waals surface area contributed by atoms with Gasteiger partial charge in [0, 0.05) is 17.3 Å². The van der Waals surface area contributed by atoms with E-state index in [1.807, 2.05) is 18.2 Å². The number of rotatable bonds is 3. The van der Waals surface area contributed by atoms with Crippen LogP contribution < -0.4 is 11.1 Å². The molecule has 0 saturated heterocycles. The molecule has 0 fully saturated rings. The van der Waals surface area contributed by atoms with Gasteiger partial charge in [-0.3, -0.25) is 4.79 Å². The van der Waals surface area contributed by atoms with E-state index in [0.29, 0.717) is 16.8 Å². The van der Waals surface area contributed by atoms with Crippen LogP contribution in [0, 0.1) is 0 Å². The van der Waals surface area contributed by atoms with Gasteiger partial charge in [-0.2, -0.15) is 5.10 Å². The Hall–Kier alpha value is -3.35. The minimum Gasteiger partial charge on any atom is -0.409 e. The van der Waals surface area contributed by atoms with E-state index in [-0.39, 0.29) is 11.7 Å². The summed E-state index contributed by atoms with van der Waals surface area (Å²) >= 11 is 0. The number of aromatic nitrogens is 2. The normalized spacial score (nSPS) is 11.5. The Balaban J connectivity index is 1.89. The number of benzene rings is 1. The first-order chi connectivity index (χ1) is 10.7. The van der Waals surface area contributed by atoms with Crippen LogP contribution in [0.1, 0.15) is 15.9 Å². The molecule has 22 heavy (non-hydrogen) atoms. The Kier molecular flexibility index (Phi) is 3.45. The molecule has 4 N–H and O–H groups in total. The van der Waals surface area contributed by atoms with Crippen molar-refractivity contribution in [1.29, 1.82) is 0 Å². The number of amidine groups is 1. The van der Waals surface area contributed by atoms with Gasteiger partial charge >= 0.3 is 0 Å². The van der Waals surface area contributed by atoms with Crippen molar-refractivity contribution in [3.8, 4) is 0 Å². The summed E-state index contributed by atoms with van der Waals surface area (Å²) in [6, 6.07) is 12.1. The second-order valence-electron chi connectivity index (χ2n) is 4.61. The standard InChI is InChI=1S/C15H13N5O2/c16-14(19-22)10-4-3-5-11(8-10)15(21)18-12-9-17-20-7-2-1-6-13(12)20/h1-9,22H,(H2,16,19)(H,18,21). The molecule has 3 aromatic rings. The van der Waals surface area contributed by atoms with Crippen molar-refractivity contribution in [3.63, 3.8) is 0 Å². The second kappa shape index (κ2) is 5.57. The van der Waals surface area contributed by atoms with E-state index in [0.717, 1.165) is 5.52 Å². The van der Waals surface area contributed by atoms with E-state index in [9.17, 15) is 4.79 Å². The molecule has 0 spiro atoms. The molecule has 1 aromatic carbocycles. The molecule has 0 saturated carbocycles. The molecular formula is C15H13N5O2. The monoisotopic (exact) mass is 295 g/mol. The van der Waals surface area contributed by atoms with Crippen molar-refractivity contribution < 1.29 is 10.0 Å². The molecule has 0 aliphatic carbocycles. The van der Waals surface area contributed by atoms with Gasteiger partial charge in [0.25, 0.3) is 5.91 Å². The largest absolute Gasteiger partial charge is 0.409 e. The van der Waals surface area contributed by atoms with Gasteiger partial charge in [0.1, 0.15) is 0 Å². The smallest absolute Gasteiger partial charge is 0.255 e. The first-order valence-electron chi connectivity index (χ1n) is 6.51. The van der Waals surface area contributed by atoms with Gasteiger partial charge < -0.3 is 16.3 Å². The average Bonchev–Trinajstić information content (AvgIpc) is 2.97. The lowest BCUT2D eigenvalue weighted by atomic mass is 10.1. The topological polar surface area (TPSA) is 105 Å². The fourth-order valence-electron chi connectivity index (χ4n) is 2.10. The number of hydrogen-bond acceptors (Lipinski definition) is 4. The van der Waals surface area contributed by atoms with Crippen molar-refractivity contribution in [1.82, 2.24) is 9.61 Å². The van der Waals surface area contributed by atoms with E-state index in [1.165, 1.54) is 0 Å². The number of nitrogens with one attached hydrogen (secondary N) is 1. The lowest BCUT2D eigenvalue weighted by molar-refractivity contribution is 0.102. The average molecular weight is 295 g/mol. The van der Waals surface area contributed by atoms with Crippen molar-refractivity contribution in [2.75, 3.05) is 5.32 Å². The number of hydrogen-bond donors (Lipinski definition) is 3. The SMILES string of the molecule is N/C(=N\O)c1cccc(C(=O)Nc2cnn3ccccc23)c1. The van der Waals surface area contributed by atoms with E-state index < -0.39 is 0 Å². The Morgan fingerprint density at radius 1 is 1.23 bits per heavy atom. The third-order valence-corrected chi connectivity index (χ3v) is 3.20. The fourth-order valence-corrected chi connectivity index (χ4v) is 2.10. The first kappa shape index (κ1) is 13.6. The van der Waals surface area contributed by atoms with E-state index in [1.54, 1.807) is 41.2 Å². The van der Waals surface area contributed by atoms with Gasteiger partial charge in [-0.25, -0.2) is 4.52 Å². The summed E-state index contributed by atoms with van der Waals surface area (Å²) < 4.78 is 1.67. The quantitative estimate of drug-likeness (QED) is 0.296. The minimum atomic E-state index is -0.300. The lowest BCUT2D eigenvalue weighted by Gasteiger charge is -2.05. The molecule has 0 bridgehead atoms. The zero-order chi connectivity index (χ0) is 15.5. The second-order valence-corrected chi connectivity index (χ2v) is 4.61. The molecule has 0 unspecified atom stereocenters. The van der Waals surface area contributed by atoms with Gasteiger partial charge in [-0.05, 0) is 24.3 Å². The molecule has 3 rings (SSSR count). The van der Waals surface area contributed by atoms with Crippen LogP contribution in [0.2, 0.25) is 0 Å². The van der Waals surface area contributed by atoms with E-state index in [2.05, 4.69) is 15.6 Å². The summed E-state index contributed by atoms with van der Waals surface area (Å²) in [4.78, 5) is 12.3.